The molecule has 1 aromatic carbocycles. The van der Waals surface area contributed by atoms with Gasteiger partial charge in [-0.05, 0) is 63.3 Å². The molecule has 0 aliphatic carbocycles. The van der Waals surface area contributed by atoms with Crippen LogP contribution in [0.1, 0.15) is 50.6 Å². The van der Waals surface area contributed by atoms with Crippen molar-refractivity contribution in [2.75, 3.05) is 20.1 Å². The number of nitrogens with one attached hydrogen (secondary N) is 3. The molecule has 0 spiro atoms. The van der Waals surface area contributed by atoms with Crippen LogP contribution in [0, 0.1) is 11.7 Å². The average Bonchev–Trinajstić information content (AvgIpc) is 3.10. The van der Waals surface area contributed by atoms with Crippen molar-refractivity contribution in [3.8, 4) is 0 Å². The van der Waals surface area contributed by atoms with Crippen molar-refractivity contribution in [2.45, 2.75) is 57.2 Å². The molecule has 0 bridgehead atoms. The summed E-state index contributed by atoms with van der Waals surface area (Å²) < 4.78 is 13.4. The number of benzene rings is 1. The van der Waals surface area contributed by atoms with Crippen LogP contribution in [0.25, 0.3) is 0 Å². The zero-order chi connectivity index (χ0) is 18.5. The van der Waals surface area contributed by atoms with Crippen LogP contribution in [-0.2, 0) is 4.79 Å². The third-order valence-electron chi connectivity index (χ3n) is 5.63. The minimum absolute atomic E-state index is 0. The largest absolute Gasteiger partial charge is 0.346 e. The van der Waals surface area contributed by atoms with Crippen LogP contribution in [0.2, 0.25) is 0 Å². The van der Waals surface area contributed by atoms with E-state index < -0.39 is 0 Å². The second-order valence-corrected chi connectivity index (χ2v) is 7.81. The van der Waals surface area contributed by atoms with Gasteiger partial charge in [-0.2, -0.15) is 0 Å². The summed E-state index contributed by atoms with van der Waals surface area (Å²) in [6.07, 6.45) is 4.79. The molecule has 2 saturated heterocycles. The van der Waals surface area contributed by atoms with Crippen molar-refractivity contribution in [3.05, 3.63) is 35.6 Å². The summed E-state index contributed by atoms with van der Waals surface area (Å²) in [5.41, 5.74) is 7.56. The number of piperidine rings is 1. The predicted molar refractivity (Wildman–Crippen MR) is 108 cm³/mol. The van der Waals surface area contributed by atoms with Crippen LogP contribution >= 0.6 is 12.4 Å². The highest BCUT2D eigenvalue weighted by Gasteiger charge is 2.28. The highest BCUT2D eigenvalue weighted by atomic mass is 35.5. The Balaban J connectivity index is 0.00000261. The Morgan fingerprint density at radius 1 is 1.30 bits per heavy atom. The standard InChI is InChI=1S/C20H31FN4O.ClH/c1-14-11-16(8-9-22-14)20(26)25(2)10-4-7-18-13-19(24-23-18)15-5-3-6-17(21)12-15;/h3,5-6,12,14,16,18-19,22-24H,4,7-11,13H2,1-2H3;1H/t14-,16-,18?,19?;/m0./s1. The van der Waals surface area contributed by atoms with Gasteiger partial charge in [0.25, 0.3) is 0 Å². The van der Waals surface area contributed by atoms with E-state index in [1.54, 1.807) is 12.1 Å². The molecule has 2 heterocycles. The van der Waals surface area contributed by atoms with Gasteiger partial charge in [0.05, 0.1) is 0 Å². The maximum absolute atomic E-state index is 13.4. The smallest absolute Gasteiger partial charge is 0.225 e. The van der Waals surface area contributed by atoms with Crippen LogP contribution in [0.4, 0.5) is 4.39 Å². The molecule has 2 aliphatic heterocycles. The number of amides is 1. The Hall–Kier alpha value is -1.21. The molecule has 0 aromatic heterocycles. The lowest BCUT2D eigenvalue weighted by molar-refractivity contribution is -0.135. The minimum Gasteiger partial charge on any atom is -0.346 e. The zero-order valence-corrected chi connectivity index (χ0v) is 17.0. The Bertz CT molecular complexity index is 617. The molecule has 1 aromatic rings. The van der Waals surface area contributed by atoms with Crippen molar-refractivity contribution in [1.82, 2.24) is 21.1 Å². The molecule has 3 N–H and O–H groups in total. The summed E-state index contributed by atoms with van der Waals surface area (Å²) in [5.74, 6) is 0.258. The maximum atomic E-state index is 13.4. The summed E-state index contributed by atoms with van der Waals surface area (Å²) in [4.78, 5) is 14.5. The summed E-state index contributed by atoms with van der Waals surface area (Å²) >= 11 is 0. The second-order valence-electron chi connectivity index (χ2n) is 7.81. The van der Waals surface area contributed by atoms with Gasteiger partial charge >= 0.3 is 0 Å². The lowest BCUT2D eigenvalue weighted by Gasteiger charge is -2.30. The van der Waals surface area contributed by atoms with E-state index in [0.29, 0.717) is 12.1 Å². The quantitative estimate of drug-likeness (QED) is 0.689. The monoisotopic (exact) mass is 398 g/mol. The number of halogens is 2. The summed E-state index contributed by atoms with van der Waals surface area (Å²) in [5, 5.41) is 3.40. The second kappa shape index (κ2) is 10.4. The first kappa shape index (κ1) is 22.1. The van der Waals surface area contributed by atoms with Gasteiger partial charge in [-0.1, -0.05) is 12.1 Å². The molecule has 5 nitrogen and oxygen atoms in total. The molecule has 0 saturated carbocycles. The highest BCUT2D eigenvalue weighted by molar-refractivity contribution is 5.85. The fourth-order valence-electron chi connectivity index (χ4n) is 4.11. The maximum Gasteiger partial charge on any atom is 0.225 e. The molecular weight excluding hydrogens is 367 g/mol. The third-order valence-corrected chi connectivity index (χ3v) is 5.63. The summed E-state index contributed by atoms with van der Waals surface area (Å²) in [6.45, 7) is 3.87. The Kier molecular flexibility index (Phi) is 8.48. The number of carbonyl (C=O) groups is 1. The first-order valence-electron chi connectivity index (χ1n) is 9.78. The van der Waals surface area contributed by atoms with E-state index in [-0.39, 0.29) is 36.1 Å². The molecule has 27 heavy (non-hydrogen) atoms. The Morgan fingerprint density at radius 2 is 2.11 bits per heavy atom. The fraction of sp³-hybridized carbons (Fsp3) is 0.650. The van der Waals surface area contributed by atoms with E-state index in [2.05, 4.69) is 23.1 Å². The van der Waals surface area contributed by atoms with Crippen molar-refractivity contribution in [1.29, 1.82) is 0 Å². The number of nitrogens with zero attached hydrogens (tertiary/aromatic N) is 1. The molecule has 2 fully saturated rings. The number of hydrogen-bond donors (Lipinski definition) is 3. The predicted octanol–water partition coefficient (Wildman–Crippen LogP) is 2.78. The van der Waals surface area contributed by atoms with E-state index in [4.69, 9.17) is 0 Å². The summed E-state index contributed by atoms with van der Waals surface area (Å²) in [7, 11) is 1.92. The lowest BCUT2D eigenvalue weighted by atomic mass is 9.92. The van der Waals surface area contributed by atoms with Gasteiger partial charge in [-0.15, -0.1) is 12.4 Å². The van der Waals surface area contributed by atoms with Crippen LogP contribution < -0.4 is 16.2 Å². The van der Waals surface area contributed by atoms with Crippen LogP contribution in [0.3, 0.4) is 0 Å². The molecular formula is C20H32ClFN4O. The SMILES string of the molecule is C[C@H]1C[C@@H](C(=O)N(C)CCCC2CC(c3cccc(F)c3)NN2)CCN1.Cl. The summed E-state index contributed by atoms with van der Waals surface area (Å²) in [6, 6.07) is 7.70. The number of hydrogen-bond acceptors (Lipinski definition) is 4. The molecule has 7 heteroatoms. The first-order valence-corrected chi connectivity index (χ1v) is 9.78. The Labute approximate surface area is 167 Å². The molecule has 3 rings (SSSR count). The molecule has 4 atom stereocenters. The van der Waals surface area contributed by atoms with Crippen molar-refractivity contribution >= 4 is 18.3 Å². The van der Waals surface area contributed by atoms with Gasteiger partial charge in [-0.25, -0.2) is 4.39 Å². The third kappa shape index (κ3) is 6.14. The van der Waals surface area contributed by atoms with Crippen molar-refractivity contribution in [3.63, 3.8) is 0 Å². The van der Waals surface area contributed by atoms with Crippen LogP contribution in [-0.4, -0.2) is 43.0 Å². The lowest BCUT2D eigenvalue weighted by Crippen LogP contribution is -2.43. The van der Waals surface area contributed by atoms with E-state index in [1.165, 1.54) is 6.07 Å². The first-order chi connectivity index (χ1) is 12.5. The van der Waals surface area contributed by atoms with Crippen LogP contribution in [0.5, 0.6) is 0 Å². The fourth-order valence-corrected chi connectivity index (χ4v) is 4.11. The van der Waals surface area contributed by atoms with Crippen LogP contribution in [0.15, 0.2) is 24.3 Å². The normalized spacial score (nSPS) is 27.8. The molecule has 2 aliphatic rings. The van der Waals surface area contributed by atoms with Gasteiger partial charge in [0, 0.05) is 37.6 Å². The number of rotatable bonds is 6. The van der Waals surface area contributed by atoms with Gasteiger partial charge in [0.15, 0.2) is 0 Å². The van der Waals surface area contributed by atoms with E-state index in [9.17, 15) is 9.18 Å². The molecule has 0 radical (unpaired) electrons. The number of hydrazine groups is 1. The van der Waals surface area contributed by atoms with Crippen molar-refractivity contribution in [2.24, 2.45) is 5.92 Å². The van der Waals surface area contributed by atoms with E-state index in [0.717, 1.165) is 50.8 Å². The van der Waals surface area contributed by atoms with Crippen molar-refractivity contribution < 1.29 is 9.18 Å². The van der Waals surface area contributed by atoms with Gasteiger partial charge in [0.1, 0.15) is 5.82 Å². The van der Waals surface area contributed by atoms with Gasteiger partial charge < -0.3 is 10.2 Å². The molecule has 2 unspecified atom stereocenters. The van der Waals surface area contributed by atoms with E-state index >= 15 is 0 Å². The topological polar surface area (TPSA) is 56.4 Å². The zero-order valence-electron chi connectivity index (χ0n) is 16.2. The molecule has 152 valence electrons. The molecule has 1 amide bonds. The average molecular weight is 399 g/mol. The van der Waals surface area contributed by atoms with Gasteiger partial charge in [-0.3, -0.25) is 15.6 Å². The Morgan fingerprint density at radius 3 is 2.85 bits per heavy atom. The minimum atomic E-state index is -0.194. The van der Waals surface area contributed by atoms with E-state index in [1.807, 2.05) is 18.0 Å². The van der Waals surface area contributed by atoms with Gasteiger partial charge in [0.2, 0.25) is 5.91 Å². The highest BCUT2D eigenvalue weighted by Crippen LogP contribution is 2.25. The number of carbonyl (C=O) groups excluding carboxylic acids is 1.